The molecule has 13 heteroatoms. The molecule has 1 heterocycles. The largest absolute Gasteiger partial charge is 0.459 e. The second kappa shape index (κ2) is 13.1. The van der Waals surface area contributed by atoms with Crippen LogP contribution in [0, 0.1) is 0 Å². The summed E-state index contributed by atoms with van der Waals surface area (Å²) in [6.45, 7) is 0. The number of hydrazine groups is 1. The molecule has 44 heavy (non-hydrogen) atoms. The number of nitrogens with two attached hydrogens (primary N) is 1. The molecule has 0 saturated heterocycles. The van der Waals surface area contributed by atoms with Crippen molar-refractivity contribution < 1.29 is 22.6 Å². The van der Waals surface area contributed by atoms with Crippen LogP contribution in [0.4, 0.5) is 0 Å². The van der Waals surface area contributed by atoms with Crippen LogP contribution in [-0.2, 0) is 0 Å². The zero-order valence-corrected chi connectivity index (χ0v) is 26.4. The van der Waals surface area contributed by atoms with E-state index in [2.05, 4.69) is 0 Å². The summed E-state index contributed by atoms with van der Waals surface area (Å²) in [6, 6.07) is 45.9. The van der Waals surface area contributed by atoms with Crippen LogP contribution < -0.4 is 28.5 Å². The molecule has 224 valence electrons. The summed E-state index contributed by atoms with van der Waals surface area (Å²) in [5.41, 5.74) is 0. The first-order chi connectivity index (χ1) is 21.5. The summed E-state index contributed by atoms with van der Waals surface area (Å²) in [4.78, 5) is 0. The molecule has 0 aromatic heterocycles. The van der Waals surface area contributed by atoms with Gasteiger partial charge in [0, 0.05) is 7.05 Å². The number of benzene rings is 5. The number of rotatable bonds is 11. The van der Waals surface area contributed by atoms with E-state index in [1.807, 2.05) is 91.0 Å². The van der Waals surface area contributed by atoms with E-state index in [0.29, 0.717) is 28.7 Å². The standard InChI is InChI=1S/C31H30N5O5P3/c1-36(32)42(37-27-17-7-2-8-18-27)33-43(38-28-19-9-3-10-20-28,39-29-21-11-4-12-22-29)35-44(34-42,40-30-23-13-5-14-24-30)41-31-25-15-6-16-26-31/h2-26H,32H2,1H3. The maximum absolute atomic E-state index is 6.65. The van der Waals surface area contributed by atoms with Crippen LogP contribution in [0.5, 0.6) is 28.7 Å². The number of hydrogen-bond acceptors (Lipinski definition) is 10. The van der Waals surface area contributed by atoms with Crippen molar-refractivity contribution in [2.45, 2.75) is 0 Å². The lowest BCUT2D eigenvalue weighted by molar-refractivity contribution is 0.444. The highest BCUT2D eigenvalue weighted by molar-refractivity contribution is 7.79. The molecule has 1 aliphatic heterocycles. The minimum atomic E-state index is -3.78. The van der Waals surface area contributed by atoms with Gasteiger partial charge in [-0.2, -0.15) is 4.78 Å². The molecule has 2 N–H and O–H groups in total. The lowest BCUT2D eigenvalue weighted by atomic mass is 10.3. The third kappa shape index (κ3) is 7.08. The topological polar surface area (TPSA) is 112 Å². The summed E-state index contributed by atoms with van der Waals surface area (Å²) in [5, 5.41) is 0. The van der Waals surface area contributed by atoms with Crippen molar-refractivity contribution in [3.8, 4) is 28.7 Å². The van der Waals surface area contributed by atoms with Gasteiger partial charge in [0.1, 0.15) is 28.7 Å². The number of hydrogen-bond donors (Lipinski definition) is 1. The average molecular weight is 646 g/mol. The fourth-order valence-corrected chi connectivity index (χ4v) is 13.6. The molecule has 0 spiro atoms. The van der Waals surface area contributed by atoms with Crippen LogP contribution in [0.25, 0.3) is 0 Å². The Bertz CT molecular complexity index is 1670. The van der Waals surface area contributed by atoms with E-state index in [1.54, 1.807) is 67.7 Å². The first kappa shape index (κ1) is 29.8. The Kier molecular flexibility index (Phi) is 8.89. The first-order valence-corrected chi connectivity index (χ1v) is 18.2. The second-order valence-corrected chi connectivity index (χ2v) is 16.0. The van der Waals surface area contributed by atoms with E-state index < -0.39 is 22.9 Å². The highest BCUT2D eigenvalue weighted by Crippen LogP contribution is 2.78. The maximum atomic E-state index is 6.65. The molecule has 0 amide bonds. The van der Waals surface area contributed by atoms with Crippen molar-refractivity contribution >= 4 is 22.9 Å². The quantitative estimate of drug-likeness (QED) is 0.0864. The van der Waals surface area contributed by atoms with Crippen molar-refractivity contribution in [1.29, 1.82) is 0 Å². The maximum Gasteiger partial charge on any atom is 0.459 e. The molecule has 0 bridgehead atoms. The molecular weight excluding hydrogens is 615 g/mol. The van der Waals surface area contributed by atoms with Gasteiger partial charge in [0.25, 0.3) is 0 Å². The summed E-state index contributed by atoms with van der Waals surface area (Å²) >= 11 is 0. The summed E-state index contributed by atoms with van der Waals surface area (Å²) in [7, 11) is -9.54. The molecule has 1 aliphatic rings. The molecule has 10 nitrogen and oxygen atoms in total. The Hall–Kier alpha value is -4.29. The Morgan fingerprint density at radius 2 is 0.682 bits per heavy atom. The third-order valence-electron chi connectivity index (χ3n) is 5.94. The van der Waals surface area contributed by atoms with Gasteiger partial charge in [0.2, 0.25) is 0 Å². The van der Waals surface area contributed by atoms with Crippen molar-refractivity contribution in [2.75, 3.05) is 7.05 Å². The molecule has 1 unspecified atom stereocenters. The van der Waals surface area contributed by atoms with Crippen molar-refractivity contribution in [1.82, 2.24) is 4.78 Å². The lowest BCUT2D eigenvalue weighted by Crippen LogP contribution is -2.26. The molecule has 0 aliphatic carbocycles. The summed E-state index contributed by atoms with van der Waals surface area (Å²) in [5.74, 6) is 8.99. The Balaban J connectivity index is 1.67. The van der Waals surface area contributed by atoms with Crippen LogP contribution in [-0.4, -0.2) is 11.8 Å². The Labute approximate surface area is 256 Å². The van der Waals surface area contributed by atoms with Crippen molar-refractivity contribution in [3.63, 3.8) is 0 Å². The minimum absolute atomic E-state index is 0.473. The minimum Gasteiger partial charge on any atom is -0.430 e. The van der Waals surface area contributed by atoms with E-state index in [-0.39, 0.29) is 0 Å². The molecule has 1 atom stereocenters. The SMILES string of the molecule is CN(N)P1(Oc2ccccc2)=NP(Oc2ccccc2)(Oc2ccccc2)=NP(Oc2ccccc2)(Oc2ccccc2)=N1. The highest BCUT2D eigenvalue weighted by Gasteiger charge is 2.48. The van der Waals surface area contributed by atoms with Crippen LogP contribution in [0.1, 0.15) is 0 Å². The predicted octanol–water partition coefficient (Wildman–Crippen LogP) is 10.0. The third-order valence-corrected chi connectivity index (χ3v) is 14.5. The van der Waals surface area contributed by atoms with E-state index in [9.17, 15) is 0 Å². The van der Waals surface area contributed by atoms with Gasteiger partial charge in [-0.3, -0.25) is 5.84 Å². The summed E-state index contributed by atoms with van der Waals surface area (Å²) < 4.78 is 49.9. The Morgan fingerprint density at radius 1 is 0.409 bits per heavy atom. The van der Waals surface area contributed by atoms with Crippen molar-refractivity contribution in [2.24, 2.45) is 19.4 Å². The van der Waals surface area contributed by atoms with Gasteiger partial charge >= 0.3 is 22.9 Å². The molecule has 0 radical (unpaired) electrons. The second-order valence-electron chi connectivity index (χ2n) is 9.36. The van der Waals surface area contributed by atoms with Crippen molar-refractivity contribution in [3.05, 3.63) is 152 Å². The van der Waals surface area contributed by atoms with Gasteiger partial charge in [0.05, 0.1) is 0 Å². The lowest BCUT2D eigenvalue weighted by Gasteiger charge is -2.35. The van der Waals surface area contributed by atoms with E-state index >= 15 is 0 Å². The first-order valence-electron chi connectivity index (χ1n) is 13.6. The smallest absolute Gasteiger partial charge is 0.430 e. The zero-order valence-electron chi connectivity index (χ0n) is 23.7. The molecule has 0 saturated carbocycles. The van der Waals surface area contributed by atoms with Gasteiger partial charge in [0.15, 0.2) is 0 Å². The molecule has 0 fully saturated rings. The predicted molar refractivity (Wildman–Crippen MR) is 175 cm³/mol. The fourth-order valence-electron chi connectivity index (χ4n) is 4.00. The summed E-state index contributed by atoms with van der Waals surface area (Å²) in [6.07, 6.45) is 0. The number of para-hydroxylation sites is 5. The molecule has 5 aromatic rings. The van der Waals surface area contributed by atoms with E-state index in [1.165, 1.54) is 4.78 Å². The number of nitrogens with zero attached hydrogens (tertiary/aromatic N) is 4. The van der Waals surface area contributed by atoms with Crippen LogP contribution >= 0.6 is 22.9 Å². The average Bonchev–Trinajstić information content (AvgIpc) is 3.03. The van der Waals surface area contributed by atoms with Gasteiger partial charge < -0.3 is 22.6 Å². The Morgan fingerprint density at radius 3 is 0.977 bits per heavy atom. The fraction of sp³-hybridized carbons (Fsp3) is 0.0323. The zero-order chi connectivity index (χ0) is 30.3. The monoisotopic (exact) mass is 645 g/mol. The van der Waals surface area contributed by atoms with E-state index in [0.717, 1.165) is 0 Å². The van der Waals surface area contributed by atoms with Gasteiger partial charge in [-0.1, -0.05) is 95.5 Å². The van der Waals surface area contributed by atoms with Crippen LogP contribution in [0.3, 0.4) is 0 Å². The molecule has 6 rings (SSSR count). The van der Waals surface area contributed by atoms with Crippen LogP contribution in [0.15, 0.2) is 165 Å². The van der Waals surface area contributed by atoms with Gasteiger partial charge in [-0.15, -0.1) is 9.03 Å². The van der Waals surface area contributed by atoms with Crippen LogP contribution in [0.2, 0.25) is 0 Å². The van der Waals surface area contributed by atoms with Gasteiger partial charge in [-0.25, -0.2) is 0 Å². The molecular formula is C31H30N5O5P3. The highest BCUT2D eigenvalue weighted by atomic mass is 31.3. The molecule has 5 aromatic carbocycles. The van der Waals surface area contributed by atoms with Gasteiger partial charge in [-0.05, 0) is 60.7 Å². The van der Waals surface area contributed by atoms with E-state index in [4.69, 9.17) is 42.0 Å². The normalized spacial score (nSPS) is 18.1.